The van der Waals surface area contributed by atoms with Crippen molar-refractivity contribution in [3.05, 3.63) is 47.4 Å². The van der Waals surface area contributed by atoms with Crippen LogP contribution in [0.1, 0.15) is 49.3 Å². The SMILES string of the molecule is CC(C)(N)c1cnc(OCC(F)(F)F)c2cnc(Nc3ccc4c(n3)C(C)(C)OC4=O)cc12. The lowest BCUT2D eigenvalue weighted by molar-refractivity contribution is -0.153. The van der Waals surface area contributed by atoms with Gasteiger partial charge in [0.15, 0.2) is 6.61 Å². The maximum Gasteiger partial charge on any atom is 0.422 e. The fourth-order valence-corrected chi connectivity index (χ4v) is 3.58. The Bertz CT molecular complexity index is 1250. The Kier molecular flexibility index (Phi) is 5.19. The van der Waals surface area contributed by atoms with E-state index in [-0.39, 0.29) is 5.88 Å². The van der Waals surface area contributed by atoms with E-state index in [1.807, 2.05) is 0 Å². The van der Waals surface area contributed by atoms with Crippen molar-refractivity contribution in [3.8, 4) is 5.88 Å². The number of anilines is 2. The van der Waals surface area contributed by atoms with Crippen LogP contribution >= 0.6 is 0 Å². The fraction of sp³-hybridized carbons (Fsp3) is 0.364. The number of aromatic nitrogens is 3. The van der Waals surface area contributed by atoms with Crippen LogP contribution < -0.4 is 15.8 Å². The predicted octanol–water partition coefficient (Wildman–Crippen LogP) is 4.31. The summed E-state index contributed by atoms with van der Waals surface area (Å²) in [5.41, 5.74) is 6.05. The van der Waals surface area contributed by atoms with Gasteiger partial charge >= 0.3 is 12.1 Å². The topological polar surface area (TPSA) is 112 Å². The molecule has 0 bridgehead atoms. The Balaban J connectivity index is 1.74. The van der Waals surface area contributed by atoms with Gasteiger partial charge in [0.25, 0.3) is 0 Å². The van der Waals surface area contributed by atoms with Crippen molar-refractivity contribution < 1.29 is 27.4 Å². The standard InChI is InChI=1S/C22H22F3N5O3/c1-20(2,26)14-9-28-18(32-10-22(23,24)25)13-8-27-16(7-12(13)14)29-15-6-5-11-17(30-15)21(3,4)33-19(11)31/h5-9H,10,26H2,1-4H3,(H,27,29,30). The summed E-state index contributed by atoms with van der Waals surface area (Å²) in [6.07, 6.45) is -1.74. The molecular weight excluding hydrogens is 439 g/mol. The molecule has 0 aromatic carbocycles. The second-order valence-electron chi connectivity index (χ2n) is 8.84. The third-order valence-electron chi connectivity index (χ3n) is 5.09. The number of pyridine rings is 3. The van der Waals surface area contributed by atoms with Gasteiger partial charge in [-0.3, -0.25) is 0 Å². The third kappa shape index (κ3) is 4.54. The van der Waals surface area contributed by atoms with Crippen LogP contribution in [0.3, 0.4) is 0 Å². The lowest BCUT2D eigenvalue weighted by Gasteiger charge is -2.22. The number of carbonyl (C=O) groups is 1. The normalized spacial score (nSPS) is 15.3. The molecule has 0 aliphatic carbocycles. The number of hydrogen-bond acceptors (Lipinski definition) is 8. The van der Waals surface area contributed by atoms with Gasteiger partial charge in [0.2, 0.25) is 5.88 Å². The molecule has 3 N–H and O–H groups in total. The minimum atomic E-state index is -4.51. The number of fused-ring (bicyclic) bond motifs is 2. The summed E-state index contributed by atoms with van der Waals surface area (Å²) >= 11 is 0. The molecule has 1 aliphatic rings. The highest BCUT2D eigenvalue weighted by Crippen LogP contribution is 2.36. The molecule has 3 aromatic heterocycles. The van der Waals surface area contributed by atoms with E-state index in [1.165, 1.54) is 12.4 Å². The summed E-state index contributed by atoms with van der Waals surface area (Å²) < 4.78 is 48.2. The number of ether oxygens (including phenoxy) is 2. The summed E-state index contributed by atoms with van der Waals surface area (Å²) in [4.78, 5) is 24.8. The van der Waals surface area contributed by atoms with Crippen molar-refractivity contribution in [3.63, 3.8) is 0 Å². The third-order valence-corrected chi connectivity index (χ3v) is 5.09. The van der Waals surface area contributed by atoms with Gasteiger partial charge in [0.05, 0.1) is 10.9 Å². The van der Waals surface area contributed by atoms with Crippen LogP contribution in [0.2, 0.25) is 0 Å². The van der Waals surface area contributed by atoms with E-state index in [1.54, 1.807) is 45.9 Å². The highest BCUT2D eigenvalue weighted by atomic mass is 19.4. The van der Waals surface area contributed by atoms with Gasteiger partial charge in [0, 0.05) is 17.9 Å². The number of nitrogens with two attached hydrogens (primary N) is 1. The fourth-order valence-electron chi connectivity index (χ4n) is 3.58. The molecule has 11 heteroatoms. The van der Waals surface area contributed by atoms with Crippen LogP contribution in [0.5, 0.6) is 5.88 Å². The Morgan fingerprint density at radius 1 is 1.12 bits per heavy atom. The Morgan fingerprint density at radius 3 is 2.52 bits per heavy atom. The first-order valence-corrected chi connectivity index (χ1v) is 10.0. The molecule has 174 valence electrons. The van der Waals surface area contributed by atoms with E-state index < -0.39 is 29.9 Å². The zero-order valence-corrected chi connectivity index (χ0v) is 18.4. The molecule has 1 aliphatic heterocycles. The summed E-state index contributed by atoms with van der Waals surface area (Å²) in [5.74, 6) is 0.161. The molecule has 0 atom stereocenters. The number of alkyl halides is 3. The number of hydrogen-bond donors (Lipinski definition) is 2. The molecule has 33 heavy (non-hydrogen) atoms. The number of carbonyl (C=O) groups excluding carboxylic acids is 1. The van der Waals surface area contributed by atoms with Crippen molar-refractivity contribution in [2.45, 2.75) is 45.0 Å². The molecule has 3 aromatic rings. The second-order valence-corrected chi connectivity index (χ2v) is 8.84. The molecule has 4 rings (SSSR count). The van der Waals surface area contributed by atoms with Crippen LogP contribution in [0.4, 0.5) is 24.8 Å². The van der Waals surface area contributed by atoms with Crippen LogP contribution in [-0.2, 0) is 15.9 Å². The largest absolute Gasteiger partial charge is 0.468 e. The Morgan fingerprint density at radius 2 is 1.85 bits per heavy atom. The van der Waals surface area contributed by atoms with Crippen molar-refractivity contribution in [1.82, 2.24) is 15.0 Å². The lowest BCUT2D eigenvalue weighted by atomic mass is 9.93. The minimum Gasteiger partial charge on any atom is -0.468 e. The smallest absolute Gasteiger partial charge is 0.422 e. The average molecular weight is 461 g/mol. The van der Waals surface area contributed by atoms with Gasteiger partial charge in [-0.1, -0.05) is 0 Å². The van der Waals surface area contributed by atoms with E-state index in [0.717, 1.165) is 0 Å². The number of nitrogens with one attached hydrogen (secondary N) is 1. The summed E-state index contributed by atoms with van der Waals surface area (Å²) in [6.45, 7) is 5.53. The highest BCUT2D eigenvalue weighted by molar-refractivity contribution is 5.94. The van der Waals surface area contributed by atoms with E-state index in [0.29, 0.717) is 39.2 Å². The Hall–Kier alpha value is -3.47. The number of nitrogens with zero attached hydrogens (tertiary/aromatic N) is 3. The number of esters is 1. The zero-order valence-electron chi connectivity index (χ0n) is 18.4. The molecule has 0 saturated heterocycles. The lowest BCUT2D eigenvalue weighted by Crippen LogP contribution is -2.29. The molecule has 0 spiro atoms. The first-order valence-electron chi connectivity index (χ1n) is 10.0. The number of halogens is 3. The predicted molar refractivity (Wildman–Crippen MR) is 114 cm³/mol. The molecule has 0 radical (unpaired) electrons. The van der Waals surface area contributed by atoms with Crippen molar-refractivity contribution >= 4 is 28.4 Å². The van der Waals surface area contributed by atoms with Crippen molar-refractivity contribution in [2.75, 3.05) is 11.9 Å². The van der Waals surface area contributed by atoms with Gasteiger partial charge in [-0.05, 0) is 56.8 Å². The van der Waals surface area contributed by atoms with Gasteiger partial charge in [-0.2, -0.15) is 13.2 Å². The van der Waals surface area contributed by atoms with E-state index in [4.69, 9.17) is 15.2 Å². The van der Waals surface area contributed by atoms with Gasteiger partial charge in [-0.15, -0.1) is 0 Å². The van der Waals surface area contributed by atoms with Crippen molar-refractivity contribution in [2.24, 2.45) is 5.73 Å². The average Bonchev–Trinajstić information content (AvgIpc) is 2.92. The van der Waals surface area contributed by atoms with Crippen LogP contribution in [0.25, 0.3) is 10.8 Å². The van der Waals surface area contributed by atoms with E-state index >= 15 is 0 Å². The molecule has 0 fully saturated rings. The summed E-state index contributed by atoms with van der Waals surface area (Å²) in [7, 11) is 0. The molecule has 0 unspecified atom stereocenters. The monoisotopic (exact) mass is 461 g/mol. The first-order chi connectivity index (χ1) is 15.2. The van der Waals surface area contributed by atoms with E-state index in [2.05, 4.69) is 20.3 Å². The molecular formula is C22H22F3N5O3. The zero-order chi connectivity index (χ0) is 24.2. The van der Waals surface area contributed by atoms with Crippen LogP contribution in [-0.4, -0.2) is 33.7 Å². The quantitative estimate of drug-likeness (QED) is 0.541. The second kappa shape index (κ2) is 7.55. The van der Waals surface area contributed by atoms with Gasteiger partial charge < -0.3 is 20.5 Å². The molecule has 0 saturated carbocycles. The van der Waals surface area contributed by atoms with Crippen LogP contribution in [0, 0.1) is 0 Å². The molecule has 0 amide bonds. The van der Waals surface area contributed by atoms with Crippen molar-refractivity contribution in [1.29, 1.82) is 0 Å². The number of cyclic esters (lactones) is 1. The summed E-state index contributed by atoms with van der Waals surface area (Å²) in [6, 6.07) is 4.87. The highest BCUT2D eigenvalue weighted by Gasteiger charge is 2.39. The molecule has 4 heterocycles. The number of rotatable bonds is 5. The first kappa shape index (κ1) is 22.7. The minimum absolute atomic E-state index is 0.192. The maximum atomic E-state index is 12.7. The van der Waals surface area contributed by atoms with Gasteiger partial charge in [0.1, 0.15) is 22.9 Å². The van der Waals surface area contributed by atoms with Gasteiger partial charge in [-0.25, -0.2) is 19.7 Å². The Labute approximate surface area is 187 Å². The van der Waals surface area contributed by atoms with E-state index in [9.17, 15) is 18.0 Å². The summed E-state index contributed by atoms with van der Waals surface area (Å²) in [5, 5.41) is 3.89. The van der Waals surface area contributed by atoms with Crippen LogP contribution in [0.15, 0.2) is 30.6 Å². The molecule has 8 nitrogen and oxygen atoms in total. The maximum absolute atomic E-state index is 12.7.